The van der Waals surface area contributed by atoms with Crippen LogP contribution in [0.15, 0.2) is 24.3 Å². The number of aromatic nitrogens is 2. The molecule has 0 fully saturated rings. The molecule has 0 amide bonds. The van der Waals surface area contributed by atoms with Crippen molar-refractivity contribution >= 4 is 0 Å². The van der Waals surface area contributed by atoms with Gasteiger partial charge in [-0.25, -0.2) is 4.98 Å². The lowest BCUT2D eigenvalue weighted by Gasteiger charge is -2.07. The van der Waals surface area contributed by atoms with E-state index in [1.807, 2.05) is 39.2 Å². The Balaban J connectivity index is 2.52. The number of hydrogen-bond donors (Lipinski definition) is 1. The molecule has 0 unspecified atom stereocenters. The van der Waals surface area contributed by atoms with E-state index in [9.17, 15) is 0 Å². The number of hydrogen-bond acceptors (Lipinski definition) is 3. The molecule has 0 aliphatic heterocycles. The lowest BCUT2D eigenvalue weighted by molar-refractivity contribution is 0.415. The predicted molar refractivity (Wildman–Crippen MR) is 72.7 cm³/mol. The van der Waals surface area contributed by atoms with Crippen molar-refractivity contribution in [3.8, 4) is 17.0 Å². The summed E-state index contributed by atoms with van der Waals surface area (Å²) in [5, 5.41) is 3.18. The molecule has 0 atom stereocenters. The molecule has 4 nitrogen and oxygen atoms in total. The van der Waals surface area contributed by atoms with Crippen LogP contribution >= 0.6 is 0 Å². The van der Waals surface area contributed by atoms with Crippen LogP contribution in [-0.4, -0.2) is 23.7 Å². The summed E-state index contributed by atoms with van der Waals surface area (Å²) >= 11 is 0. The third kappa shape index (κ3) is 2.24. The molecule has 0 bridgehead atoms. The first-order valence-corrected chi connectivity index (χ1v) is 5.98. The monoisotopic (exact) mass is 245 g/mol. The average Bonchev–Trinajstić information content (AvgIpc) is 2.68. The molecule has 0 aliphatic carbocycles. The highest BCUT2D eigenvalue weighted by Crippen LogP contribution is 2.26. The fourth-order valence-corrected chi connectivity index (χ4v) is 2.03. The maximum Gasteiger partial charge on any atom is 0.119 e. The van der Waals surface area contributed by atoms with Crippen molar-refractivity contribution in [1.82, 2.24) is 14.9 Å². The molecule has 1 heterocycles. The molecule has 96 valence electrons. The Morgan fingerprint density at radius 2 is 2.17 bits per heavy atom. The quantitative estimate of drug-likeness (QED) is 0.896. The largest absolute Gasteiger partial charge is 0.497 e. The van der Waals surface area contributed by atoms with Gasteiger partial charge in [-0.1, -0.05) is 12.1 Å². The van der Waals surface area contributed by atoms with Crippen LogP contribution in [0.25, 0.3) is 11.3 Å². The Labute approximate surface area is 108 Å². The second kappa shape index (κ2) is 5.23. The highest BCUT2D eigenvalue weighted by atomic mass is 16.5. The Morgan fingerprint density at radius 1 is 1.39 bits per heavy atom. The maximum atomic E-state index is 5.26. The number of rotatable bonds is 4. The van der Waals surface area contributed by atoms with E-state index in [2.05, 4.69) is 20.9 Å². The van der Waals surface area contributed by atoms with E-state index in [0.717, 1.165) is 29.4 Å². The lowest BCUT2D eigenvalue weighted by Crippen LogP contribution is -2.10. The Kier molecular flexibility index (Phi) is 3.67. The fourth-order valence-electron chi connectivity index (χ4n) is 2.03. The SMILES string of the molecule is CNCc1c(-c2cccc(OC)c2)nc(C)n1C. The molecule has 18 heavy (non-hydrogen) atoms. The van der Waals surface area contributed by atoms with E-state index >= 15 is 0 Å². The molecular formula is C14H19N3O. The van der Waals surface area contributed by atoms with Gasteiger partial charge in [0.2, 0.25) is 0 Å². The smallest absolute Gasteiger partial charge is 0.119 e. The fraction of sp³-hybridized carbons (Fsp3) is 0.357. The zero-order valence-corrected chi connectivity index (χ0v) is 11.3. The van der Waals surface area contributed by atoms with Crippen LogP contribution < -0.4 is 10.1 Å². The number of aryl methyl sites for hydroxylation is 1. The summed E-state index contributed by atoms with van der Waals surface area (Å²) < 4.78 is 7.38. The number of ether oxygens (including phenoxy) is 1. The molecule has 0 saturated heterocycles. The summed E-state index contributed by atoms with van der Waals surface area (Å²) in [6, 6.07) is 8.00. The van der Waals surface area contributed by atoms with Gasteiger partial charge in [0.05, 0.1) is 18.5 Å². The molecule has 0 spiro atoms. The predicted octanol–water partition coefficient (Wildman–Crippen LogP) is 2.12. The Bertz CT molecular complexity index is 546. The molecule has 2 aromatic rings. The third-order valence-corrected chi connectivity index (χ3v) is 3.12. The second-order valence-corrected chi connectivity index (χ2v) is 4.28. The van der Waals surface area contributed by atoms with Crippen LogP contribution in [0.1, 0.15) is 11.5 Å². The van der Waals surface area contributed by atoms with Crippen molar-refractivity contribution in [2.24, 2.45) is 7.05 Å². The topological polar surface area (TPSA) is 39.1 Å². The van der Waals surface area contributed by atoms with Crippen LogP contribution in [0.5, 0.6) is 5.75 Å². The minimum absolute atomic E-state index is 0.796. The molecule has 0 saturated carbocycles. The number of nitrogens with zero attached hydrogens (tertiary/aromatic N) is 2. The highest BCUT2D eigenvalue weighted by molar-refractivity contribution is 5.64. The summed E-state index contributed by atoms with van der Waals surface area (Å²) in [4.78, 5) is 4.64. The van der Waals surface area contributed by atoms with Gasteiger partial charge in [-0.05, 0) is 26.1 Å². The third-order valence-electron chi connectivity index (χ3n) is 3.12. The van der Waals surface area contributed by atoms with E-state index in [0.29, 0.717) is 0 Å². The number of imidazole rings is 1. The van der Waals surface area contributed by atoms with Crippen LogP contribution in [-0.2, 0) is 13.6 Å². The van der Waals surface area contributed by atoms with Gasteiger partial charge in [-0.2, -0.15) is 0 Å². The van der Waals surface area contributed by atoms with E-state index in [-0.39, 0.29) is 0 Å². The molecule has 0 radical (unpaired) electrons. The van der Waals surface area contributed by atoms with Crippen LogP contribution in [0, 0.1) is 6.92 Å². The standard InChI is InChI=1S/C14H19N3O/c1-10-16-14(13(9-15-2)17(10)3)11-6-5-7-12(8-11)18-4/h5-8,15H,9H2,1-4H3. The van der Waals surface area contributed by atoms with E-state index < -0.39 is 0 Å². The number of nitrogens with one attached hydrogen (secondary N) is 1. The van der Waals surface area contributed by atoms with E-state index in [4.69, 9.17) is 4.74 Å². The van der Waals surface area contributed by atoms with Crippen molar-refractivity contribution in [2.75, 3.05) is 14.2 Å². The van der Waals surface area contributed by atoms with Crippen molar-refractivity contribution in [3.63, 3.8) is 0 Å². The first-order chi connectivity index (χ1) is 8.67. The molecule has 0 aliphatic rings. The first-order valence-electron chi connectivity index (χ1n) is 5.98. The zero-order chi connectivity index (χ0) is 13.1. The molecular weight excluding hydrogens is 226 g/mol. The maximum absolute atomic E-state index is 5.26. The van der Waals surface area contributed by atoms with E-state index in [1.165, 1.54) is 5.69 Å². The number of benzene rings is 1. The van der Waals surface area contributed by atoms with Crippen molar-refractivity contribution in [1.29, 1.82) is 0 Å². The van der Waals surface area contributed by atoms with Gasteiger partial charge in [0.15, 0.2) is 0 Å². The summed E-state index contributed by atoms with van der Waals surface area (Å²) in [5.41, 5.74) is 3.29. The lowest BCUT2D eigenvalue weighted by atomic mass is 10.1. The van der Waals surface area contributed by atoms with Crippen LogP contribution in [0.3, 0.4) is 0 Å². The van der Waals surface area contributed by atoms with Crippen molar-refractivity contribution in [3.05, 3.63) is 35.8 Å². The van der Waals surface area contributed by atoms with Gasteiger partial charge < -0.3 is 14.6 Å². The average molecular weight is 245 g/mol. The molecule has 1 aromatic heterocycles. The summed E-state index contributed by atoms with van der Waals surface area (Å²) in [6.07, 6.45) is 0. The van der Waals surface area contributed by atoms with Gasteiger partial charge in [0.25, 0.3) is 0 Å². The molecule has 2 rings (SSSR count). The van der Waals surface area contributed by atoms with Crippen molar-refractivity contribution in [2.45, 2.75) is 13.5 Å². The van der Waals surface area contributed by atoms with Gasteiger partial charge >= 0.3 is 0 Å². The summed E-state index contributed by atoms with van der Waals surface area (Å²) in [6.45, 7) is 2.81. The summed E-state index contributed by atoms with van der Waals surface area (Å²) in [7, 11) is 5.66. The van der Waals surface area contributed by atoms with Gasteiger partial charge in [-0.3, -0.25) is 0 Å². The number of methoxy groups -OCH3 is 1. The second-order valence-electron chi connectivity index (χ2n) is 4.28. The molecule has 1 aromatic carbocycles. The highest BCUT2D eigenvalue weighted by Gasteiger charge is 2.13. The van der Waals surface area contributed by atoms with Crippen LogP contribution in [0.2, 0.25) is 0 Å². The van der Waals surface area contributed by atoms with Crippen LogP contribution in [0.4, 0.5) is 0 Å². The minimum atomic E-state index is 0.796. The van der Waals surface area contributed by atoms with Gasteiger partial charge in [0.1, 0.15) is 11.6 Å². The Hall–Kier alpha value is -1.81. The normalized spacial score (nSPS) is 10.7. The Morgan fingerprint density at radius 3 is 2.83 bits per heavy atom. The minimum Gasteiger partial charge on any atom is -0.497 e. The van der Waals surface area contributed by atoms with Gasteiger partial charge in [-0.15, -0.1) is 0 Å². The first kappa shape index (κ1) is 12.6. The van der Waals surface area contributed by atoms with E-state index in [1.54, 1.807) is 7.11 Å². The summed E-state index contributed by atoms with van der Waals surface area (Å²) in [5.74, 6) is 1.87. The molecule has 4 heteroatoms. The van der Waals surface area contributed by atoms with Gasteiger partial charge in [0, 0.05) is 19.2 Å². The molecule has 1 N–H and O–H groups in total. The van der Waals surface area contributed by atoms with Crippen molar-refractivity contribution < 1.29 is 4.74 Å². The zero-order valence-electron chi connectivity index (χ0n) is 11.3.